The lowest BCUT2D eigenvalue weighted by Crippen LogP contribution is -1.99. The van der Waals surface area contributed by atoms with Gasteiger partial charge in [-0.05, 0) is 19.4 Å². The first kappa shape index (κ1) is 10.7. The first-order chi connectivity index (χ1) is 7.74. The third kappa shape index (κ3) is 1.92. The van der Waals surface area contributed by atoms with Gasteiger partial charge in [0.25, 0.3) is 5.89 Å². The van der Waals surface area contributed by atoms with E-state index in [-0.39, 0.29) is 6.54 Å². The maximum atomic E-state index is 5.43. The summed E-state index contributed by atoms with van der Waals surface area (Å²) in [5.41, 5.74) is 7.93. The van der Waals surface area contributed by atoms with Crippen LogP contribution in [0.15, 0.2) is 10.6 Å². The first-order valence-corrected chi connectivity index (χ1v) is 5.10. The number of aryl methyl sites for hydroxylation is 2. The smallest absolute Gasteiger partial charge is 0.259 e. The van der Waals surface area contributed by atoms with Crippen LogP contribution in [0.3, 0.4) is 0 Å². The van der Waals surface area contributed by atoms with E-state index in [4.69, 9.17) is 10.3 Å². The Hall–Kier alpha value is -1.82. The predicted octanol–water partition coefficient (Wildman–Crippen LogP) is 0.856. The maximum Gasteiger partial charge on any atom is 0.259 e. The van der Waals surface area contributed by atoms with Gasteiger partial charge in [-0.25, -0.2) is 0 Å². The van der Waals surface area contributed by atoms with Crippen LogP contribution < -0.4 is 5.73 Å². The van der Waals surface area contributed by atoms with Crippen molar-refractivity contribution in [3.8, 4) is 11.5 Å². The molecule has 0 saturated carbocycles. The molecule has 2 heterocycles. The fourth-order valence-electron chi connectivity index (χ4n) is 1.41. The van der Waals surface area contributed by atoms with Crippen LogP contribution in [0.25, 0.3) is 11.5 Å². The van der Waals surface area contributed by atoms with E-state index < -0.39 is 0 Å². The van der Waals surface area contributed by atoms with Crippen LogP contribution in [0.2, 0.25) is 0 Å². The summed E-state index contributed by atoms with van der Waals surface area (Å²) in [4.78, 5) is 4.18. The summed E-state index contributed by atoms with van der Waals surface area (Å²) in [5.74, 6) is 0.946. The Morgan fingerprint density at radius 2 is 2.19 bits per heavy atom. The molecule has 0 atom stereocenters. The molecule has 0 radical (unpaired) electrons. The van der Waals surface area contributed by atoms with Gasteiger partial charge < -0.3 is 10.3 Å². The number of nitrogens with two attached hydrogens (primary N) is 1. The molecule has 0 aliphatic carbocycles. The molecule has 2 aromatic heterocycles. The molecule has 0 spiro atoms. The van der Waals surface area contributed by atoms with Crippen molar-refractivity contribution in [2.45, 2.75) is 26.8 Å². The molecule has 0 aliphatic rings. The zero-order chi connectivity index (χ0) is 11.5. The third-order valence-electron chi connectivity index (χ3n) is 2.21. The second-order valence-electron chi connectivity index (χ2n) is 3.42. The van der Waals surface area contributed by atoms with Crippen molar-refractivity contribution in [2.75, 3.05) is 0 Å². The van der Waals surface area contributed by atoms with Gasteiger partial charge in [0.05, 0.1) is 23.5 Å². The molecule has 6 nitrogen and oxygen atoms in total. The molecular weight excluding hydrogens is 206 g/mol. The highest BCUT2D eigenvalue weighted by Crippen LogP contribution is 2.21. The molecule has 0 bridgehead atoms. The molecule has 0 saturated heterocycles. The van der Waals surface area contributed by atoms with Gasteiger partial charge in [0.15, 0.2) is 5.82 Å². The number of rotatable bonds is 3. The summed E-state index contributed by atoms with van der Waals surface area (Å²) in [5, 5.41) is 11.9. The summed E-state index contributed by atoms with van der Waals surface area (Å²) in [6.45, 7) is 4.14. The van der Waals surface area contributed by atoms with Crippen molar-refractivity contribution in [2.24, 2.45) is 5.73 Å². The summed E-state index contributed by atoms with van der Waals surface area (Å²) in [6.07, 6.45) is 0.767. The van der Waals surface area contributed by atoms with Gasteiger partial charge in [-0.3, -0.25) is 0 Å². The topological polar surface area (TPSA) is 90.7 Å². The van der Waals surface area contributed by atoms with Gasteiger partial charge in [0, 0.05) is 0 Å². The van der Waals surface area contributed by atoms with Crippen molar-refractivity contribution in [1.29, 1.82) is 0 Å². The second-order valence-corrected chi connectivity index (χ2v) is 3.42. The Labute approximate surface area is 92.9 Å². The summed E-state index contributed by atoms with van der Waals surface area (Å²) >= 11 is 0. The minimum absolute atomic E-state index is 0.266. The second kappa shape index (κ2) is 4.36. The van der Waals surface area contributed by atoms with E-state index in [1.54, 1.807) is 0 Å². The van der Waals surface area contributed by atoms with Crippen LogP contribution in [0.5, 0.6) is 0 Å². The normalized spacial score (nSPS) is 10.7. The highest BCUT2D eigenvalue weighted by atomic mass is 16.5. The Bertz CT molecular complexity index is 494. The maximum absolute atomic E-state index is 5.43. The third-order valence-corrected chi connectivity index (χ3v) is 2.21. The lowest BCUT2D eigenvalue weighted by atomic mass is 10.1. The molecule has 16 heavy (non-hydrogen) atoms. The van der Waals surface area contributed by atoms with E-state index in [2.05, 4.69) is 20.3 Å². The average Bonchev–Trinajstić information content (AvgIpc) is 2.77. The summed E-state index contributed by atoms with van der Waals surface area (Å²) in [7, 11) is 0. The molecule has 2 N–H and O–H groups in total. The molecular formula is C10H13N5O. The predicted molar refractivity (Wildman–Crippen MR) is 57.3 cm³/mol. The van der Waals surface area contributed by atoms with Gasteiger partial charge >= 0.3 is 0 Å². The molecule has 0 aromatic carbocycles. The lowest BCUT2D eigenvalue weighted by Gasteiger charge is -2.01. The quantitative estimate of drug-likeness (QED) is 0.823. The van der Waals surface area contributed by atoms with E-state index in [0.29, 0.717) is 11.7 Å². The SMILES string of the molecule is CCc1nnc(C)cc1-c1nc(CN)no1. The van der Waals surface area contributed by atoms with Crippen LogP contribution in [0, 0.1) is 6.92 Å². The number of aromatic nitrogens is 4. The fraction of sp³-hybridized carbons (Fsp3) is 0.400. The zero-order valence-electron chi connectivity index (χ0n) is 9.27. The lowest BCUT2D eigenvalue weighted by molar-refractivity contribution is 0.422. The minimum Gasteiger partial charge on any atom is -0.334 e. The van der Waals surface area contributed by atoms with Crippen LogP contribution in [0.1, 0.15) is 24.1 Å². The van der Waals surface area contributed by atoms with Crippen LogP contribution in [-0.2, 0) is 13.0 Å². The van der Waals surface area contributed by atoms with Gasteiger partial charge in [-0.1, -0.05) is 12.1 Å². The molecule has 84 valence electrons. The molecule has 2 aromatic rings. The average molecular weight is 219 g/mol. The number of hydrogen-bond donors (Lipinski definition) is 1. The van der Waals surface area contributed by atoms with E-state index in [1.807, 2.05) is 19.9 Å². The monoisotopic (exact) mass is 219 g/mol. The van der Waals surface area contributed by atoms with Crippen molar-refractivity contribution in [1.82, 2.24) is 20.3 Å². The van der Waals surface area contributed by atoms with Crippen molar-refractivity contribution >= 4 is 0 Å². The van der Waals surface area contributed by atoms with Gasteiger partial charge in [0.2, 0.25) is 0 Å². The Morgan fingerprint density at radius 3 is 2.81 bits per heavy atom. The van der Waals surface area contributed by atoms with Crippen LogP contribution >= 0.6 is 0 Å². The summed E-state index contributed by atoms with van der Waals surface area (Å²) < 4.78 is 5.13. The van der Waals surface area contributed by atoms with Crippen LogP contribution in [-0.4, -0.2) is 20.3 Å². The van der Waals surface area contributed by atoms with E-state index in [9.17, 15) is 0 Å². The van der Waals surface area contributed by atoms with Gasteiger partial charge in [-0.15, -0.1) is 0 Å². The Balaban J connectivity index is 2.49. The van der Waals surface area contributed by atoms with Crippen molar-refractivity contribution < 1.29 is 4.52 Å². The van der Waals surface area contributed by atoms with Gasteiger partial charge in [-0.2, -0.15) is 15.2 Å². The van der Waals surface area contributed by atoms with E-state index in [1.165, 1.54) is 0 Å². The van der Waals surface area contributed by atoms with Crippen molar-refractivity contribution in [3.05, 3.63) is 23.3 Å². The Kier molecular flexibility index (Phi) is 2.91. The van der Waals surface area contributed by atoms with Gasteiger partial charge in [0.1, 0.15) is 0 Å². The Morgan fingerprint density at radius 1 is 1.38 bits per heavy atom. The summed E-state index contributed by atoms with van der Waals surface area (Å²) in [6, 6.07) is 1.89. The highest BCUT2D eigenvalue weighted by molar-refractivity contribution is 5.56. The molecule has 6 heteroatoms. The fourth-order valence-corrected chi connectivity index (χ4v) is 1.41. The molecule has 0 aliphatic heterocycles. The standard InChI is InChI=1S/C10H13N5O/c1-3-8-7(4-6(2)13-14-8)10-12-9(5-11)15-16-10/h4H,3,5,11H2,1-2H3. The minimum atomic E-state index is 0.266. The number of hydrogen-bond acceptors (Lipinski definition) is 6. The van der Waals surface area contributed by atoms with E-state index in [0.717, 1.165) is 23.4 Å². The molecule has 0 amide bonds. The molecule has 0 fully saturated rings. The van der Waals surface area contributed by atoms with Crippen molar-refractivity contribution in [3.63, 3.8) is 0 Å². The highest BCUT2D eigenvalue weighted by Gasteiger charge is 2.13. The largest absolute Gasteiger partial charge is 0.334 e. The first-order valence-electron chi connectivity index (χ1n) is 5.10. The van der Waals surface area contributed by atoms with Crippen LogP contribution in [0.4, 0.5) is 0 Å². The zero-order valence-corrected chi connectivity index (χ0v) is 9.27. The molecule has 0 unspecified atom stereocenters. The molecule has 2 rings (SSSR count). The van der Waals surface area contributed by atoms with E-state index >= 15 is 0 Å². The number of nitrogens with zero attached hydrogens (tertiary/aromatic N) is 4.